The molecule has 0 aliphatic rings. The predicted octanol–water partition coefficient (Wildman–Crippen LogP) is 4.40. The number of hydrogen-bond donors (Lipinski definition) is 0. The molecule has 0 spiro atoms. The first-order valence-electron chi connectivity index (χ1n) is 6.63. The van der Waals surface area contributed by atoms with Crippen molar-refractivity contribution in [2.75, 3.05) is 6.61 Å². The summed E-state index contributed by atoms with van der Waals surface area (Å²) in [5, 5.41) is 0. The summed E-state index contributed by atoms with van der Waals surface area (Å²) in [5.41, 5.74) is 1.92. The number of hydrogen-bond acceptors (Lipinski definition) is 2. The fourth-order valence-corrected chi connectivity index (χ4v) is 1.45. The summed E-state index contributed by atoms with van der Waals surface area (Å²) < 4.78 is 5.35. The molecule has 0 N–H and O–H groups in total. The summed E-state index contributed by atoms with van der Waals surface area (Å²) in [7, 11) is 0. The zero-order valence-electron chi connectivity index (χ0n) is 12.1. The van der Waals surface area contributed by atoms with Crippen LogP contribution in [-0.4, -0.2) is 12.6 Å². The summed E-state index contributed by atoms with van der Waals surface area (Å²) in [6.45, 7) is 11.0. The molecular formula is C16H24O2. The summed E-state index contributed by atoms with van der Waals surface area (Å²) in [6, 6.07) is 7.67. The smallest absolute Gasteiger partial charge is 0.338 e. The molecule has 0 bridgehead atoms. The molecule has 0 aliphatic heterocycles. The molecule has 0 saturated heterocycles. The van der Waals surface area contributed by atoms with Gasteiger partial charge < -0.3 is 4.74 Å². The van der Waals surface area contributed by atoms with E-state index in [1.165, 1.54) is 5.56 Å². The van der Waals surface area contributed by atoms with E-state index in [9.17, 15) is 4.79 Å². The van der Waals surface area contributed by atoms with Crippen LogP contribution in [0.2, 0.25) is 0 Å². The van der Waals surface area contributed by atoms with Gasteiger partial charge in [-0.25, -0.2) is 4.79 Å². The Hall–Kier alpha value is -1.31. The SMILES string of the molecule is CCC(C)(C)COC(=O)c1ccc(C(C)C)cc1. The molecule has 1 rings (SSSR count). The molecule has 0 amide bonds. The Morgan fingerprint density at radius 3 is 2.22 bits per heavy atom. The van der Waals surface area contributed by atoms with Crippen molar-refractivity contribution < 1.29 is 9.53 Å². The molecular weight excluding hydrogens is 224 g/mol. The van der Waals surface area contributed by atoms with Gasteiger partial charge in [0, 0.05) is 0 Å². The highest BCUT2D eigenvalue weighted by atomic mass is 16.5. The Balaban J connectivity index is 2.62. The second-order valence-corrected chi connectivity index (χ2v) is 5.87. The van der Waals surface area contributed by atoms with Crippen molar-refractivity contribution in [1.82, 2.24) is 0 Å². The Labute approximate surface area is 110 Å². The molecule has 0 radical (unpaired) electrons. The van der Waals surface area contributed by atoms with E-state index in [0.29, 0.717) is 18.1 Å². The van der Waals surface area contributed by atoms with E-state index in [1.807, 2.05) is 24.3 Å². The van der Waals surface area contributed by atoms with Crippen LogP contribution in [0.3, 0.4) is 0 Å². The van der Waals surface area contributed by atoms with Crippen LogP contribution in [0.15, 0.2) is 24.3 Å². The van der Waals surface area contributed by atoms with E-state index in [4.69, 9.17) is 4.74 Å². The number of carbonyl (C=O) groups excluding carboxylic acids is 1. The Bertz CT molecular complexity index is 388. The van der Waals surface area contributed by atoms with Gasteiger partial charge in [0.05, 0.1) is 12.2 Å². The largest absolute Gasteiger partial charge is 0.462 e. The standard InChI is InChI=1S/C16H24O2/c1-6-16(4,5)11-18-15(17)14-9-7-13(8-10-14)12(2)3/h7-10,12H,6,11H2,1-5H3. The molecule has 0 saturated carbocycles. The summed E-state index contributed by atoms with van der Waals surface area (Å²) in [4.78, 5) is 11.9. The minimum Gasteiger partial charge on any atom is -0.462 e. The van der Waals surface area contributed by atoms with Crippen molar-refractivity contribution >= 4 is 5.97 Å². The highest BCUT2D eigenvalue weighted by Crippen LogP contribution is 2.21. The maximum atomic E-state index is 11.9. The molecule has 0 unspecified atom stereocenters. The molecule has 2 heteroatoms. The topological polar surface area (TPSA) is 26.3 Å². The normalized spacial score (nSPS) is 11.7. The van der Waals surface area contributed by atoms with Crippen molar-refractivity contribution in [2.24, 2.45) is 5.41 Å². The monoisotopic (exact) mass is 248 g/mol. The van der Waals surface area contributed by atoms with Crippen LogP contribution in [-0.2, 0) is 4.74 Å². The Morgan fingerprint density at radius 1 is 1.22 bits per heavy atom. The van der Waals surface area contributed by atoms with E-state index in [1.54, 1.807) is 0 Å². The Morgan fingerprint density at radius 2 is 1.78 bits per heavy atom. The second-order valence-electron chi connectivity index (χ2n) is 5.87. The summed E-state index contributed by atoms with van der Waals surface area (Å²) >= 11 is 0. The van der Waals surface area contributed by atoms with Gasteiger partial charge in [-0.3, -0.25) is 0 Å². The lowest BCUT2D eigenvalue weighted by Crippen LogP contribution is -2.21. The van der Waals surface area contributed by atoms with Crippen LogP contribution in [0.25, 0.3) is 0 Å². The van der Waals surface area contributed by atoms with Crippen LogP contribution in [0.5, 0.6) is 0 Å². The number of carbonyl (C=O) groups is 1. The molecule has 0 fully saturated rings. The van der Waals surface area contributed by atoms with Crippen LogP contribution in [0, 0.1) is 5.41 Å². The van der Waals surface area contributed by atoms with Crippen LogP contribution >= 0.6 is 0 Å². The Kier molecular flexibility index (Phi) is 4.94. The van der Waals surface area contributed by atoms with Crippen molar-refractivity contribution in [3.05, 3.63) is 35.4 Å². The predicted molar refractivity (Wildman–Crippen MR) is 74.9 cm³/mol. The van der Waals surface area contributed by atoms with Gasteiger partial charge in [-0.15, -0.1) is 0 Å². The van der Waals surface area contributed by atoms with E-state index >= 15 is 0 Å². The first-order valence-corrected chi connectivity index (χ1v) is 6.63. The number of benzene rings is 1. The lowest BCUT2D eigenvalue weighted by atomic mass is 9.92. The molecule has 100 valence electrons. The molecule has 2 nitrogen and oxygen atoms in total. The minimum atomic E-state index is -0.230. The lowest BCUT2D eigenvalue weighted by molar-refractivity contribution is 0.0335. The fourth-order valence-electron chi connectivity index (χ4n) is 1.45. The molecule has 1 aromatic carbocycles. The molecule has 0 aliphatic carbocycles. The summed E-state index contributed by atoms with van der Waals surface area (Å²) in [6.07, 6.45) is 0.993. The zero-order valence-corrected chi connectivity index (χ0v) is 12.1. The zero-order chi connectivity index (χ0) is 13.8. The third kappa shape index (κ3) is 4.17. The van der Waals surface area contributed by atoms with Crippen LogP contribution in [0.4, 0.5) is 0 Å². The van der Waals surface area contributed by atoms with Gasteiger partial charge in [0.25, 0.3) is 0 Å². The van der Waals surface area contributed by atoms with E-state index in [-0.39, 0.29) is 11.4 Å². The second kappa shape index (κ2) is 6.03. The highest BCUT2D eigenvalue weighted by molar-refractivity contribution is 5.89. The molecule has 0 atom stereocenters. The van der Waals surface area contributed by atoms with Crippen molar-refractivity contribution in [3.8, 4) is 0 Å². The molecule has 0 heterocycles. The van der Waals surface area contributed by atoms with Gasteiger partial charge in [0.1, 0.15) is 0 Å². The summed E-state index contributed by atoms with van der Waals surface area (Å²) in [5.74, 6) is 0.251. The molecule has 18 heavy (non-hydrogen) atoms. The lowest BCUT2D eigenvalue weighted by Gasteiger charge is -2.21. The van der Waals surface area contributed by atoms with Crippen LogP contribution < -0.4 is 0 Å². The minimum absolute atomic E-state index is 0.0491. The first kappa shape index (κ1) is 14.7. The van der Waals surface area contributed by atoms with Crippen molar-refractivity contribution in [3.63, 3.8) is 0 Å². The highest BCUT2D eigenvalue weighted by Gasteiger charge is 2.18. The molecule has 0 aromatic heterocycles. The quantitative estimate of drug-likeness (QED) is 0.722. The average Bonchev–Trinajstić information content (AvgIpc) is 2.36. The average molecular weight is 248 g/mol. The van der Waals surface area contributed by atoms with E-state index < -0.39 is 0 Å². The third-order valence-electron chi connectivity index (χ3n) is 3.36. The van der Waals surface area contributed by atoms with Gasteiger partial charge in [0.15, 0.2) is 0 Å². The van der Waals surface area contributed by atoms with Crippen molar-refractivity contribution in [1.29, 1.82) is 0 Å². The molecule has 1 aromatic rings. The number of ether oxygens (including phenoxy) is 1. The van der Waals surface area contributed by atoms with Gasteiger partial charge in [0.2, 0.25) is 0 Å². The van der Waals surface area contributed by atoms with Gasteiger partial charge in [-0.2, -0.15) is 0 Å². The van der Waals surface area contributed by atoms with Crippen molar-refractivity contribution in [2.45, 2.75) is 47.0 Å². The van der Waals surface area contributed by atoms with Crippen LogP contribution in [0.1, 0.15) is 62.9 Å². The van der Waals surface area contributed by atoms with E-state index in [0.717, 1.165) is 6.42 Å². The van der Waals surface area contributed by atoms with Gasteiger partial charge in [-0.05, 0) is 35.4 Å². The first-order chi connectivity index (χ1) is 8.35. The van der Waals surface area contributed by atoms with Gasteiger partial charge in [-0.1, -0.05) is 46.8 Å². The maximum absolute atomic E-state index is 11.9. The number of rotatable bonds is 5. The van der Waals surface area contributed by atoms with E-state index in [2.05, 4.69) is 34.6 Å². The third-order valence-corrected chi connectivity index (χ3v) is 3.36. The number of esters is 1. The fraction of sp³-hybridized carbons (Fsp3) is 0.562. The van der Waals surface area contributed by atoms with Gasteiger partial charge >= 0.3 is 5.97 Å². The maximum Gasteiger partial charge on any atom is 0.338 e.